The number of carbonyl (C=O) groups excluding carboxylic acids is 1. The summed E-state index contributed by atoms with van der Waals surface area (Å²) in [6.07, 6.45) is 3.06. The van der Waals surface area contributed by atoms with Gasteiger partial charge in [0.2, 0.25) is 9.84 Å². The highest BCUT2D eigenvalue weighted by Gasteiger charge is 2.30. The number of hydrogen-bond donors (Lipinski definition) is 0. The molecule has 0 atom stereocenters. The monoisotopic (exact) mass is 330 g/mol. The number of allylic oxidation sites excluding steroid dienone is 1. The highest BCUT2D eigenvalue weighted by molar-refractivity contribution is 7.91. The summed E-state index contributed by atoms with van der Waals surface area (Å²) in [6.45, 7) is 0. The van der Waals surface area contributed by atoms with Crippen molar-refractivity contribution in [2.45, 2.75) is 4.90 Å². The molecule has 1 heterocycles. The number of ketones is 1. The lowest BCUT2D eigenvalue weighted by Gasteiger charge is -2.07. The molecule has 0 aromatic heterocycles. The summed E-state index contributed by atoms with van der Waals surface area (Å²) in [5.74, 6) is -0.257. The third-order valence-electron chi connectivity index (χ3n) is 3.46. The lowest BCUT2D eigenvalue weighted by Crippen LogP contribution is -2.03. The first-order valence-corrected chi connectivity index (χ1v) is 8.51. The first-order valence-electron chi connectivity index (χ1n) is 6.86. The van der Waals surface area contributed by atoms with Crippen LogP contribution in [0.5, 0.6) is 11.5 Å². The molecule has 23 heavy (non-hydrogen) atoms. The van der Waals surface area contributed by atoms with Crippen LogP contribution in [0.4, 0.5) is 0 Å². The van der Waals surface area contributed by atoms with Crippen LogP contribution in [0.1, 0.15) is 15.9 Å². The van der Waals surface area contributed by atoms with E-state index in [4.69, 9.17) is 9.47 Å². The van der Waals surface area contributed by atoms with Crippen molar-refractivity contribution in [1.29, 1.82) is 0 Å². The van der Waals surface area contributed by atoms with Crippen molar-refractivity contribution >= 4 is 21.7 Å². The highest BCUT2D eigenvalue weighted by Crippen LogP contribution is 2.37. The first-order chi connectivity index (χ1) is 11.0. The van der Waals surface area contributed by atoms with E-state index in [9.17, 15) is 13.2 Å². The summed E-state index contributed by atoms with van der Waals surface area (Å²) in [6, 6.07) is 12.1. The van der Waals surface area contributed by atoms with Crippen molar-refractivity contribution < 1.29 is 22.7 Å². The van der Waals surface area contributed by atoms with Crippen LogP contribution in [0.3, 0.4) is 0 Å². The Bertz CT molecular complexity index is 883. The molecule has 5 nitrogen and oxygen atoms in total. The average molecular weight is 330 g/mol. The van der Waals surface area contributed by atoms with E-state index in [2.05, 4.69) is 0 Å². The quantitative estimate of drug-likeness (QED) is 0.637. The molecule has 2 aromatic carbocycles. The lowest BCUT2D eigenvalue weighted by molar-refractivity contribution is 0.104. The summed E-state index contributed by atoms with van der Waals surface area (Å²) < 4.78 is 34.1. The molecule has 0 amide bonds. The van der Waals surface area contributed by atoms with Crippen molar-refractivity contribution in [2.75, 3.05) is 13.0 Å². The predicted octanol–water partition coefficient (Wildman–Crippen LogP) is 2.71. The first kappa shape index (κ1) is 15.3. The van der Waals surface area contributed by atoms with Crippen LogP contribution in [0.15, 0.2) is 53.4 Å². The van der Waals surface area contributed by atoms with Gasteiger partial charge in [-0.05, 0) is 17.7 Å². The van der Waals surface area contributed by atoms with Crippen LogP contribution in [0.2, 0.25) is 0 Å². The van der Waals surface area contributed by atoms with Crippen LogP contribution in [0.25, 0.3) is 6.08 Å². The molecule has 2 aromatic rings. The molecule has 1 aliphatic heterocycles. The molecule has 1 aliphatic rings. The molecule has 0 radical (unpaired) electrons. The van der Waals surface area contributed by atoms with Crippen LogP contribution in [0, 0.1) is 0 Å². The Hall–Kier alpha value is -2.60. The van der Waals surface area contributed by atoms with Crippen LogP contribution < -0.4 is 9.47 Å². The molecule has 0 spiro atoms. The van der Waals surface area contributed by atoms with Crippen molar-refractivity contribution in [3.63, 3.8) is 0 Å². The second-order valence-electron chi connectivity index (χ2n) is 4.98. The smallest absolute Gasteiger partial charge is 0.216 e. The number of rotatable bonds is 4. The number of benzene rings is 2. The Morgan fingerprint density at radius 3 is 2.65 bits per heavy atom. The Morgan fingerprint density at radius 1 is 1.22 bits per heavy atom. The standard InChI is InChI=1S/C17H14O5S/c1-21-15-10-16-17(23(19,20)11-22-16)9-13(15)14(18)8-7-12-5-3-2-4-6-12/h2-10H,11H2,1H3/b8-7+. The molecule has 6 heteroatoms. The summed E-state index contributed by atoms with van der Waals surface area (Å²) >= 11 is 0. The molecule has 0 fully saturated rings. The Kier molecular flexibility index (Phi) is 3.92. The van der Waals surface area contributed by atoms with Crippen molar-refractivity contribution in [3.8, 4) is 11.5 Å². The van der Waals surface area contributed by atoms with E-state index in [1.165, 1.54) is 25.3 Å². The number of carbonyl (C=O) groups is 1. The normalized spacial score (nSPS) is 15.2. The summed E-state index contributed by atoms with van der Waals surface area (Å²) in [5, 5.41) is 0. The van der Waals surface area contributed by atoms with Gasteiger partial charge in [-0.2, -0.15) is 0 Å². The SMILES string of the molecule is COc1cc2c(cc1C(=O)/C=C/c1ccccc1)S(=O)(=O)CO2. The largest absolute Gasteiger partial charge is 0.496 e. The maximum Gasteiger partial charge on any atom is 0.216 e. The predicted molar refractivity (Wildman–Crippen MR) is 85.5 cm³/mol. The van der Waals surface area contributed by atoms with Gasteiger partial charge < -0.3 is 9.47 Å². The van der Waals surface area contributed by atoms with E-state index in [0.29, 0.717) is 0 Å². The second kappa shape index (κ2) is 5.89. The van der Waals surface area contributed by atoms with Gasteiger partial charge in [-0.15, -0.1) is 0 Å². The maximum absolute atomic E-state index is 12.4. The lowest BCUT2D eigenvalue weighted by atomic mass is 10.1. The van der Waals surface area contributed by atoms with Gasteiger partial charge in [0.05, 0.1) is 12.7 Å². The van der Waals surface area contributed by atoms with Gasteiger partial charge in [-0.3, -0.25) is 4.79 Å². The van der Waals surface area contributed by atoms with E-state index in [0.717, 1.165) is 5.56 Å². The highest BCUT2D eigenvalue weighted by atomic mass is 32.2. The number of methoxy groups -OCH3 is 1. The zero-order chi connectivity index (χ0) is 16.4. The maximum atomic E-state index is 12.4. The van der Waals surface area contributed by atoms with Gasteiger partial charge in [-0.25, -0.2) is 8.42 Å². The molecule has 0 saturated heterocycles. The molecule has 118 valence electrons. The number of hydrogen-bond acceptors (Lipinski definition) is 5. The van der Waals surface area contributed by atoms with E-state index >= 15 is 0 Å². The third kappa shape index (κ3) is 2.98. The fraction of sp³-hybridized carbons (Fsp3) is 0.118. The van der Waals surface area contributed by atoms with E-state index in [-0.39, 0.29) is 27.7 Å². The molecule has 0 bridgehead atoms. The fourth-order valence-electron chi connectivity index (χ4n) is 2.29. The number of sulfone groups is 1. The molecule has 0 unspecified atom stereocenters. The van der Waals surface area contributed by atoms with Gasteiger partial charge >= 0.3 is 0 Å². The molecule has 3 rings (SSSR count). The Labute approximate surface area is 134 Å². The second-order valence-corrected chi connectivity index (χ2v) is 6.89. The van der Waals surface area contributed by atoms with Crippen LogP contribution in [-0.2, 0) is 9.84 Å². The van der Waals surface area contributed by atoms with Gasteiger partial charge in [0.1, 0.15) is 16.4 Å². The fourth-order valence-corrected chi connectivity index (χ4v) is 3.42. The van der Waals surface area contributed by atoms with E-state index in [1.807, 2.05) is 30.3 Å². The molecule has 0 N–H and O–H groups in total. The summed E-state index contributed by atoms with van der Waals surface area (Å²) in [4.78, 5) is 12.4. The Morgan fingerprint density at radius 2 is 1.96 bits per heavy atom. The van der Waals surface area contributed by atoms with Crippen LogP contribution in [-0.4, -0.2) is 27.2 Å². The zero-order valence-corrected chi connectivity index (χ0v) is 13.2. The van der Waals surface area contributed by atoms with Crippen molar-refractivity contribution in [3.05, 3.63) is 59.7 Å². The number of ether oxygens (including phenoxy) is 2. The minimum atomic E-state index is -3.51. The van der Waals surface area contributed by atoms with Crippen molar-refractivity contribution in [1.82, 2.24) is 0 Å². The summed E-state index contributed by atoms with van der Waals surface area (Å²) in [5.41, 5.74) is 1.06. The van der Waals surface area contributed by atoms with Crippen molar-refractivity contribution in [2.24, 2.45) is 0 Å². The molecular weight excluding hydrogens is 316 g/mol. The van der Waals surface area contributed by atoms with Gasteiger partial charge in [-0.1, -0.05) is 36.4 Å². The molecule has 0 saturated carbocycles. The zero-order valence-electron chi connectivity index (χ0n) is 12.4. The molecular formula is C17H14O5S. The minimum Gasteiger partial charge on any atom is -0.496 e. The third-order valence-corrected chi connectivity index (χ3v) is 4.88. The summed E-state index contributed by atoms with van der Waals surface area (Å²) in [7, 11) is -2.09. The molecule has 0 aliphatic carbocycles. The van der Waals surface area contributed by atoms with Crippen LogP contribution >= 0.6 is 0 Å². The van der Waals surface area contributed by atoms with E-state index < -0.39 is 15.8 Å². The Balaban J connectivity index is 1.99. The topological polar surface area (TPSA) is 69.7 Å². The van der Waals surface area contributed by atoms with Gasteiger partial charge in [0.25, 0.3) is 0 Å². The minimum absolute atomic E-state index is 0.0229. The van der Waals surface area contributed by atoms with Gasteiger partial charge in [0, 0.05) is 6.07 Å². The number of fused-ring (bicyclic) bond motifs is 1. The average Bonchev–Trinajstić information content (AvgIpc) is 2.87. The van der Waals surface area contributed by atoms with Gasteiger partial charge in [0.15, 0.2) is 11.7 Å². The van der Waals surface area contributed by atoms with E-state index in [1.54, 1.807) is 6.08 Å².